The van der Waals surface area contributed by atoms with Crippen molar-refractivity contribution in [3.05, 3.63) is 15.6 Å². The summed E-state index contributed by atoms with van der Waals surface area (Å²) in [5.74, 6) is -0.915. The van der Waals surface area contributed by atoms with Crippen molar-refractivity contribution in [1.82, 2.24) is 9.88 Å². The first kappa shape index (κ1) is 8.65. The largest absolute Gasteiger partial charge is 0.476 e. The molecule has 1 N–H and O–H groups in total. The lowest BCUT2D eigenvalue weighted by Gasteiger charge is -2.20. The number of rotatable bonds is 1. The normalized spacial score (nSPS) is 17.0. The minimum Gasteiger partial charge on any atom is -0.476 e. The van der Waals surface area contributed by atoms with Crippen LogP contribution in [-0.2, 0) is 13.0 Å². The number of carbonyl (C=O) groups is 1. The first-order valence-electron chi connectivity index (χ1n) is 4.07. The molecule has 0 bridgehead atoms. The van der Waals surface area contributed by atoms with E-state index in [9.17, 15) is 4.79 Å². The minimum atomic E-state index is -0.915. The summed E-state index contributed by atoms with van der Waals surface area (Å²) in [6.07, 6.45) is 0.927. The van der Waals surface area contributed by atoms with Crippen LogP contribution in [0, 0.1) is 0 Å². The molecule has 70 valence electrons. The molecule has 0 saturated heterocycles. The SMILES string of the molecule is CN1CCc2sc(C(=O)O)nc2C1. The number of carboxylic acids is 1. The van der Waals surface area contributed by atoms with Crippen molar-refractivity contribution < 1.29 is 9.90 Å². The number of carboxylic acid groups (broad SMARTS) is 1. The average Bonchev–Trinajstić information content (AvgIpc) is 2.46. The van der Waals surface area contributed by atoms with Gasteiger partial charge in [-0.25, -0.2) is 9.78 Å². The molecule has 1 aliphatic rings. The molecule has 2 rings (SSSR count). The van der Waals surface area contributed by atoms with Crippen LogP contribution in [0.3, 0.4) is 0 Å². The molecule has 1 aromatic heterocycles. The van der Waals surface area contributed by atoms with E-state index in [2.05, 4.69) is 9.88 Å². The standard InChI is InChI=1S/C8H10N2O2S/c1-10-3-2-6-5(4-10)9-7(13-6)8(11)12/h2-4H2,1H3,(H,11,12). The molecule has 2 heterocycles. The van der Waals surface area contributed by atoms with Crippen LogP contribution in [0.15, 0.2) is 0 Å². The van der Waals surface area contributed by atoms with Crippen molar-refractivity contribution in [2.45, 2.75) is 13.0 Å². The topological polar surface area (TPSA) is 53.4 Å². The van der Waals surface area contributed by atoms with Gasteiger partial charge in [0.25, 0.3) is 0 Å². The Kier molecular flexibility index (Phi) is 2.05. The Labute approximate surface area is 79.8 Å². The Bertz CT molecular complexity index is 348. The maximum Gasteiger partial charge on any atom is 0.365 e. The van der Waals surface area contributed by atoms with Gasteiger partial charge in [-0.2, -0.15) is 0 Å². The molecule has 1 aliphatic heterocycles. The number of hydrogen-bond acceptors (Lipinski definition) is 4. The molecular weight excluding hydrogens is 188 g/mol. The summed E-state index contributed by atoms with van der Waals surface area (Å²) in [4.78, 5) is 18.0. The lowest BCUT2D eigenvalue weighted by Crippen LogP contribution is -2.25. The highest BCUT2D eigenvalue weighted by Gasteiger charge is 2.20. The Morgan fingerprint density at radius 1 is 1.69 bits per heavy atom. The highest BCUT2D eigenvalue weighted by molar-refractivity contribution is 7.13. The molecule has 0 aliphatic carbocycles. The van der Waals surface area contributed by atoms with Gasteiger partial charge < -0.3 is 10.0 Å². The molecule has 0 saturated carbocycles. The van der Waals surface area contributed by atoms with Crippen LogP contribution >= 0.6 is 11.3 Å². The second kappa shape index (κ2) is 3.08. The van der Waals surface area contributed by atoms with E-state index in [-0.39, 0.29) is 5.01 Å². The van der Waals surface area contributed by atoms with Crippen LogP contribution in [-0.4, -0.2) is 34.6 Å². The molecule has 0 fully saturated rings. The van der Waals surface area contributed by atoms with Gasteiger partial charge >= 0.3 is 5.97 Å². The lowest BCUT2D eigenvalue weighted by molar-refractivity contribution is 0.0696. The minimum absolute atomic E-state index is 0.223. The van der Waals surface area contributed by atoms with Crippen LogP contribution in [0.25, 0.3) is 0 Å². The Hall–Kier alpha value is -0.940. The van der Waals surface area contributed by atoms with Crippen molar-refractivity contribution in [2.24, 2.45) is 0 Å². The summed E-state index contributed by atoms with van der Waals surface area (Å²) in [6, 6.07) is 0. The number of fused-ring (bicyclic) bond motifs is 1. The predicted molar refractivity (Wildman–Crippen MR) is 49.1 cm³/mol. The molecule has 0 aromatic carbocycles. The second-order valence-corrected chi connectivity index (χ2v) is 4.27. The highest BCUT2D eigenvalue weighted by atomic mass is 32.1. The maximum absolute atomic E-state index is 10.6. The zero-order valence-electron chi connectivity index (χ0n) is 7.28. The summed E-state index contributed by atoms with van der Waals surface area (Å²) in [6.45, 7) is 1.77. The lowest BCUT2D eigenvalue weighted by atomic mass is 10.2. The van der Waals surface area contributed by atoms with E-state index in [0.29, 0.717) is 0 Å². The van der Waals surface area contributed by atoms with Crippen LogP contribution in [0.5, 0.6) is 0 Å². The van der Waals surface area contributed by atoms with Crippen LogP contribution in [0.1, 0.15) is 20.4 Å². The summed E-state index contributed by atoms with van der Waals surface area (Å²) < 4.78 is 0. The number of likely N-dealkylation sites (N-methyl/N-ethyl adjacent to an activating group) is 1. The third kappa shape index (κ3) is 1.57. The molecule has 1 aromatic rings. The molecule has 13 heavy (non-hydrogen) atoms. The maximum atomic E-state index is 10.6. The van der Waals surface area contributed by atoms with E-state index >= 15 is 0 Å². The fraction of sp³-hybridized carbons (Fsp3) is 0.500. The smallest absolute Gasteiger partial charge is 0.365 e. The van der Waals surface area contributed by atoms with E-state index in [4.69, 9.17) is 5.11 Å². The van der Waals surface area contributed by atoms with Crippen molar-refractivity contribution in [3.8, 4) is 0 Å². The van der Waals surface area contributed by atoms with Gasteiger partial charge in [-0.3, -0.25) is 0 Å². The first-order chi connectivity index (χ1) is 6.16. The number of thiazole rings is 1. The molecule has 0 spiro atoms. The number of aromatic nitrogens is 1. The van der Waals surface area contributed by atoms with Gasteiger partial charge in [0.05, 0.1) is 5.69 Å². The molecule has 0 atom stereocenters. The van der Waals surface area contributed by atoms with Gasteiger partial charge in [0, 0.05) is 18.0 Å². The van der Waals surface area contributed by atoms with E-state index in [1.165, 1.54) is 11.3 Å². The van der Waals surface area contributed by atoms with E-state index in [1.54, 1.807) is 0 Å². The third-order valence-electron chi connectivity index (χ3n) is 2.10. The molecule has 4 nitrogen and oxygen atoms in total. The molecule has 0 amide bonds. The van der Waals surface area contributed by atoms with Gasteiger partial charge in [0.2, 0.25) is 5.01 Å². The summed E-state index contributed by atoms with van der Waals surface area (Å²) in [5, 5.41) is 8.96. The second-order valence-electron chi connectivity index (χ2n) is 3.18. The van der Waals surface area contributed by atoms with E-state index in [1.807, 2.05) is 7.05 Å². The number of hydrogen-bond donors (Lipinski definition) is 1. The fourth-order valence-electron chi connectivity index (χ4n) is 1.42. The quantitative estimate of drug-likeness (QED) is 0.726. The van der Waals surface area contributed by atoms with E-state index < -0.39 is 5.97 Å². The predicted octanol–water partition coefficient (Wildman–Crippen LogP) is 0.829. The van der Waals surface area contributed by atoms with Crippen molar-refractivity contribution in [1.29, 1.82) is 0 Å². The zero-order valence-corrected chi connectivity index (χ0v) is 8.10. The molecular formula is C8H10N2O2S. The van der Waals surface area contributed by atoms with Crippen molar-refractivity contribution in [3.63, 3.8) is 0 Å². The molecule has 0 radical (unpaired) electrons. The summed E-state index contributed by atoms with van der Waals surface area (Å²) >= 11 is 1.31. The zero-order chi connectivity index (χ0) is 9.42. The van der Waals surface area contributed by atoms with Crippen LogP contribution < -0.4 is 0 Å². The van der Waals surface area contributed by atoms with Gasteiger partial charge in [-0.1, -0.05) is 0 Å². The summed E-state index contributed by atoms with van der Waals surface area (Å²) in [5.41, 5.74) is 0.941. The van der Waals surface area contributed by atoms with Gasteiger partial charge in [0.15, 0.2) is 0 Å². The number of aromatic carboxylic acids is 1. The van der Waals surface area contributed by atoms with Crippen LogP contribution in [0.2, 0.25) is 0 Å². The number of nitrogens with zero attached hydrogens (tertiary/aromatic N) is 2. The Balaban J connectivity index is 2.33. The first-order valence-corrected chi connectivity index (χ1v) is 4.89. The fourth-order valence-corrected chi connectivity index (χ4v) is 2.32. The molecule has 5 heteroatoms. The Morgan fingerprint density at radius 3 is 3.15 bits per heavy atom. The highest BCUT2D eigenvalue weighted by Crippen LogP contribution is 2.23. The van der Waals surface area contributed by atoms with Gasteiger partial charge in [-0.15, -0.1) is 11.3 Å². The Morgan fingerprint density at radius 2 is 2.46 bits per heavy atom. The van der Waals surface area contributed by atoms with E-state index in [0.717, 1.165) is 30.1 Å². The van der Waals surface area contributed by atoms with Crippen LogP contribution in [0.4, 0.5) is 0 Å². The molecule has 0 unspecified atom stereocenters. The van der Waals surface area contributed by atoms with Crippen molar-refractivity contribution >= 4 is 17.3 Å². The summed E-state index contributed by atoms with van der Waals surface area (Å²) in [7, 11) is 2.02. The van der Waals surface area contributed by atoms with Gasteiger partial charge in [0.1, 0.15) is 0 Å². The van der Waals surface area contributed by atoms with Crippen molar-refractivity contribution in [2.75, 3.05) is 13.6 Å². The van der Waals surface area contributed by atoms with Gasteiger partial charge in [-0.05, 0) is 13.5 Å². The average molecular weight is 198 g/mol. The monoisotopic (exact) mass is 198 g/mol. The third-order valence-corrected chi connectivity index (χ3v) is 3.25.